The number of carbonyl (C=O) groups is 1. The maximum atomic E-state index is 13.0. The molecule has 0 unspecified atom stereocenters. The number of benzene rings is 2. The number of halogens is 1. The molecule has 1 fully saturated rings. The first kappa shape index (κ1) is 15.5. The lowest BCUT2D eigenvalue weighted by Gasteiger charge is -2.36. The van der Waals surface area contributed by atoms with Gasteiger partial charge in [-0.25, -0.2) is 9.18 Å². The second-order valence-corrected chi connectivity index (χ2v) is 6.13. The molecule has 0 radical (unpaired) electrons. The molecule has 0 spiro atoms. The normalized spacial score (nSPS) is 14.8. The molecule has 4 rings (SSSR count). The Hall–Kier alpha value is -3.02. The van der Waals surface area contributed by atoms with Crippen molar-refractivity contribution < 1.29 is 9.18 Å². The predicted molar refractivity (Wildman–Crippen MR) is 97.5 cm³/mol. The van der Waals surface area contributed by atoms with Gasteiger partial charge in [-0.15, -0.1) is 0 Å². The molecule has 0 saturated carbocycles. The summed E-state index contributed by atoms with van der Waals surface area (Å²) in [5.41, 5.74) is 2.78. The number of H-pyrrole nitrogens is 1. The fourth-order valence-electron chi connectivity index (χ4n) is 3.19. The number of aromatic amines is 1. The number of amides is 2. The van der Waals surface area contributed by atoms with Crippen LogP contribution in [0.25, 0.3) is 10.9 Å². The number of hydrogen-bond acceptors (Lipinski definition) is 2. The first-order chi connectivity index (χ1) is 12.2. The lowest BCUT2D eigenvalue weighted by atomic mass is 10.2. The third kappa shape index (κ3) is 3.15. The van der Waals surface area contributed by atoms with E-state index >= 15 is 0 Å². The molecule has 128 valence electrons. The quantitative estimate of drug-likeness (QED) is 0.749. The van der Waals surface area contributed by atoms with E-state index in [0.29, 0.717) is 13.1 Å². The summed E-state index contributed by atoms with van der Waals surface area (Å²) in [6.07, 6.45) is 1.82. The molecule has 1 aromatic heterocycles. The van der Waals surface area contributed by atoms with E-state index in [1.807, 2.05) is 35.4 Å². The molecule has 6 heteroatoms. The summed E-state index contributed by atoms with van der Waals surface area (Å²) in [4.78, 5) is 19.7. The third-order valence-corrected chi connectivity index (χ3v) is 4.59. The Labute approximate surface area is 145 Å². The van der Waals surface area contributed by atoms with Gasteiger partial charge in [0.05, 0.1) is 5.69 Å². The van der Waals surface area contributed by atoms with E-state index in [1.165, 1.54) is 12.1 Å². The lowest BCUT2D eigenvalue weighted by molar-refractivity contribution is 0.208. The summed E-state index contributed by atoms with van der Waals surface area (Å²) < 4.78 is 13.0. The fraction of sp³-hybridized carbons (Fsp3) is 0.211. The van der Waals surface area contributed by atoms with Crippen molar-refractivity contribution in [3.05, 3.63) is 60.5 Å². The highest BCUT2D eigenvalue weighted by molar-refractivity contribution is 6.01. The van der Waals surface area contributed by atoms with E-state index in [4.69, 9.17) is 0 Å². The zero-order valence-corrected chi connectivity index (χ0v) is 13.7. The number of aromatic nitrogens is 1. The van der Waals surface area contributed by atoms with Crippen LogP contribution in [0.2, 0.25) is 0 Å². The minimum Gasteiger partial charge on any atom is -0.368 e. The van der Waals surface area contributed by atoms with Gasteiger partial charge in [-0.05, 0) is 30.3 Å². The van der Waals surface area contributed by atoms with Crippen LogP contribution in [0.4, 0.5) is 20.6 Å². The average Bonchev–Trinajstić information content (AvgIpc) is 3.06. The summed E-state index contributed by atoms with van der Waals surface area (Å²) in [6, 6.07) is 14.3. The zero-order chi connectivity index (χ0) is 17.2. The van der Waals surface area contributed by atoms with Crippen LogP contribution in [0.3, 0.4) is 0 Å². The Morgan fingerprint density at radius 3 is 2.48 bits per heavy atom. The smallest absolute Gasteiger partial charge is 0.322 e. The number of nitrogens with zero attached hydrogens (tertiary/aromatic N) is 2. The van der Waals surface area contributed by atoms with Gasteiger partial charge in [-0.1, -0.05) is 18.2 Å². The van der Waals surface area contributed by atoms with Gasteiger partial charge in [-0.3, -0.25) is 0 Å². The Bertz CT molecular complexity index is 882. The van der Waals surface area contributed by atoms with Crippen molar-refractivity contribution in [2.24, 2.45) is 0 Å². The van der Waals surface area contributed by atoms with Crippen molar-refractivity contribution in [1.29, 1.82) is 0 Å². The molecule has 25 heavy (non-hydrogen) atoms. The van der Waals surface area contributed by atoms with Crippen LogP contribution < -0.4 is 10.2 Å². The second kappa shape index (κ2) is 6.47. The van der Waals surface area contributed by atoms with E-state index in [2.05, 4.69) is 15.2 Å². The second-order valence-electron chi connectivity index (χ2n) is 6.13. The first-order valence-corrected chi connectivity index (χ1v) is 8.33. The lowest BCUT2D eigenvalue weighted by Crippen LogP contribution is -2.50. The zero-order valence-electron chi connectivity index (χ0n) is 13.7. The summed E-state index contributed by atoms with van der Waals surface area (Å²) in [5.74, 6) is -0.236. The number of piperazine rings is 1. The Morgan fingerprint density at radius 1 is 1.00 bits per heavy atom. The van der Waals surface area contributed by atoms with E-state index in [1.54, 1.807) is 12.1 Å². The van der Waals surface area contributed by atoms with Crippen molar-refractivity contribution in [1.82, 2.24) is 9.88 Å². The molecule has 2 aromatic carbocycles. The van der Waals surface area contributed by atoms with Gasteiger partial charge < -0.3 is 20.1 Å². The molecule has 2 heterocycles. The molecule has 0 aliphatic carbocycles. The highest BCUT2D eigenvalue weighted by Gasteiger charge is 2.22. The predicted octanol–water partition coefficient (Wildman–Crippen LogP) is 3.66. The van der Waals surface area contributed by atoms with Crippen molar-refractivity contribution in [2.45, 2.75) is 0 Å². The number of hydrogen-bond donors (Lipinski definition) is 2. The van der Waals surface area contributed by atoms with Crippen LogP contribution in [-0.4, -0.2) is 42.1 Å². The molecule has 2 amide bonds. The van der Waals surface area contributed by atoms with Crippen LogP contribution in [0.1, 0.15) is 0 Å². The topological polar surface area (TPSA) is 51.4 Å². The summed E-state index contributed by atoms with van der Waals surface area (Å²) >= 11 is 0. The average molecular weight is 338 g/mol. The van der Waals surface area contributed by atoms with E-state index in [9.17, 15) is 9.18 Å². The molecule has 2 N–H and O–H groups in total. The van der Waals surface area contributed by atoms with Gasteiger partial charge in [0, 0.05) is 49.0 Å². The molecule has 1 aliphatic heterocycles. The van der Waals surface area contributed by atoms with Gasteiger partial charge in [0.15, 0.2) is 0 Å². The SMILES string of the molecule is O=C(Nc1c[nH]c2ccccc12)N1CCN(c2ccc(F)cc2)CC1. The van der Waals surface area contributed by atoms with E-state index < -0.39 is 0 Å². The molecular formula is C19H19FN4O. The molecule has 0 bridgehead atoms. The van der Waals surface area contributed by atoms with Crippen LogP contribution in [-0.2, 0) is 0 Å². The van der Waals surface area contributed by atoms with E-state index in [0.717, 1.165) is 35.4 Å². The van der Waals surface area contributed by atoms with Crippen LogP contribution in [0.5, 0.6) is 0 Å². The fourth-order valence-corrected chi connectivity index (χ4v) is 3.19. The maximum Gasteiger partial charge on any atom is 0.322 e. The maximum absolute atomic E-state index is 13.0. The first-order valence-electron chi connectivity index (χ1n) is 8.33. The molecule has 1 aliphatic rings. The van der Waals surface area contributed by atoms with Crippen molar-refractivity contribution in [3.8, 4) is 0 Å². The number of rotatable bonds is 2. The summed E-state index contributed by atoms with van der Waals surface area (Å²) in [5, 5.41) is 3.99. The standard InChI is InChI=1S/C19H19FN4O/c20-14-5-7-15(8-6-14)23-9-11-24(12-10-23)19(25)22-18-13-21-17-4-2-1-3-16(17)18/h1-8,13,21H,9-12H2,(H,22,25). The number of nitrogens with one attached hydrogen (secondary N) is 2. The summed E-state index contributed by atoms with van der Waals surface area (Å²) in [7, 11) is 0. The van der Waals surface area contributed by atoms with Gasteiger partial charge in [0.25, 0.3) is 0 Å². The number of urea groups is 1. The Morgan fingerprint density at radius 2 is 1.72 bits per heavy atom. The van der Waals surface area contributed by atoms with Gasteiger partial charge >= 0.3 is 6.03 Å². The van der Waals surface area contributed by atoms with Crippen LogP contribution >= 0.6 is 0 Å². The van der Waals surface area contributed by atoms with E-state index in [-0.39, 0.29) is 11.8 Å². The molecular weight excluding hydrogens is 319 g/mol. The van der Waals surface area contributed by atoms with Crippen molar-refractivity contribution >= 4 is 28.3 Å². The van der Waals surface area contributed by atoms with Crippen LogP contribution in [0.15, 0.2) is 54.7 Å². The number of fused-ring (bicyclic) bond motifs is 1. The molecule has 1 saturated heterocycles. The number of anilines is 2. The number of carbonyl (C=O) groups excluding carboxylic acids is 1. The van der Waals surface area contributed by atoms with Gasteiger partial charge in [0.2, 0.25) is 0 Å². The minimum atomic E-state index is -0.236. The highest BCUT2D eigenvalue weighted by Crippen LogP contribution is 2.23. The highest BCUT2D eigenvalue weighted by atomic mass is 19.1. The van der Waals surface area contributed by atoms with Crippen LogP contribution in [0, 0.1) is 5.82 Å². The van der Waals surface area contributed by atoms with Crippen molar-refractivity contribution in [2.75, 3.05) is 36.4 Å². The molecule has 3 aromatic rings. The Kier molecular flexibility index (Phi) is 4.01. The summed E-state index contributed by atoms with van der Waals surface area (Å²) in [6.45, 7) is 2.72. The third-order valence-electron chi connectivity index (χ3n) is 4.59. The molecule has 5 nitrogen and oxygen atoms in total. The molecule has 0 atom stereocenters. The minimum absolute atomic E-state index is 0.0940. The van der Waals surface area contributed by atoms with Gasteiger partial charge in [-0.2, -0.15) is 0 Å². The monoisotopic (exact) mass is 338 g/mol. The Balaban J connectivity index is 1.39. The van der Waals surface area contributed by atoms with Gasteiger partial charge in [0.1, 0.15) is 5.82 Å². The largest absolute Gasteiger partial charge is 0.368 e. The number of para-hydroxylation sites is 1. The van der Waals surface area contributed by atoms with Crippen molar-refractivity contribution in [3.63, 3.8) is 0 Å².